The van der Waals surface area contributed by atoms with Crippen molar-refractivity contribution in [1.82, 2.24) is 10.0 Å². The Morgan fingerprint density at radius 3 is 2.37 bits per heavy atom. The van der Waals surface area contributed by atoms with Gasteiger partial charge in [0.05, 0.1) is 17.5 Å². The van der Waals surface area contributed by atoms with Crippen LogP contribution in [0.25, 0.3) is 0 Å². The number of ether oxygens (including phenoxy) is 1. The van der Waals surface area contributed by atoms with Crippen molar-refractivity contribution in [2.45, 2.75) is 24.8 Å². The molecule has 7 heteroatoms. The highest BCUT2D eigenvalue weighted by molar-refractivity contribution is 7.89. The third kappa shape index (κ3) is 4.22. The number of carbonyl (C=O) groups is 1. The molecule has 1 aromatic rings. The summed E-state index contributed by atoms with van der Waals surface area (Å²) < 4.78 is 31.5. The zero-order valence-corrected chi connectivity index (χ0v) is 12.0. The Bertz CT molecular complexity index is 525. The largest absolute Gasteiger partial charge is 0.494 e. The molecule has 106 valence electrons. The first-order valence-electron chi connectivity index (χ1n) is 5.87. The van der Waals surface area contributed by atoms with Crippen LogP contribution >= 0.6 is 0 Å². The van der Waals surface area contributed by atoms with Crippen LogP contribution in [0.3, 0.4) is 0 Å². The molecule has 0 aliphatic carbocycles. The summed E-state index contributed by atoms with van der Waals surface area (Å²) in [6.07, 6.45) is 0. The lowest BCUT2D eigenvalue weighted by atomic mass is 10.3. The smallest absolute Gasteiger partial charge is 0.241 e. The number of rotatable bonds is 6. The van der Waals surface area contributed by atoms with Gasteiger partial charge in [-0.1, -0.05) is 0 Å². The molecule has 0 unspecified atom stereocenters. The number of carbonyl (C=O) groups excluding carboxylic acids is 1. The van der Waals surface area contributed by atoms with Crippen LogP contribution in [0.5, 0.6) is 5.75 Å². The van der Waals surface area contributed by atoms with Crippen molar-refractivity contribution in [2.75, 3.05) is 13.7 Å². The normalized spacial score (nSPS) is 12.8. The molecule has 0 radical (unpaired) electrons. The van der Waals surface area contributed by atoms with Gasteiger partial charge in [0.25, 0.3) is 0 Å². The molecule has 0 spiro atoms. The second-order valence-electron chi connectivity index (χ2n) is 3.86. The van der Waals surface area contributed by atoms with Gasteiger partial charge in [0.1, 0.15) is 5.75 Å². The molecule has 1 amide bonds. The molecule has 6 nitrogen and oxygen atoms in total. The van der Waals surface area contributed by atoms with Crippen molar-refractivity contribution in [1.29, 1.82) is 0 Å². The Labute approximate surface area is 113 Å². The number of hydrogen-bond donors (Lipinski definition) is 2. The summed E-state index contributed by atoms with van der Waals surface area (Å²) in [6, 6.07) is 5.18. The molecule has 0 saturated heterocycles. The molecule has 0 bridgehead atoms. The fraction of sp³-hybridized carbons (Fsp3) is 0.417. The van der Waals surface area contributed by atoms with Gasteiger partial charge in [-0.05, 0) is 38.1 Å². The molecule has 0 heterocycles. The van der Waals surface area contributed by atoms with Gasteiger partial charge in [0, 0.05) is 7.05 Å². The maximum atomic E-state index is 12.0. The molecule has 0 saturated carbocycles. The third-order valence-electron chi connectivity index (χ3n) is 2.42. The monoisotopic (exact) mass is 286 g/mol. The van der Waals surface area contributed by atoms with Crippen molar-refractivity contribution < 1.29 is 17.9 Å². The van der Waals surface area contributed by atoms with Crippen LogP contribution in [0.1, 0.15) is 13.8 Å². The molecule has 19 heavy (non-hydrogen) atoms. The van der Waals surface area contributed by atoms with Gasteiger partial charge in [0.15, 0.2) is 0 Å². The average Bonchev–Trinajstić information content (AvgIpc) is 2.38. The van der Waals surface area contributed by atoms with E-state index in [-0.39, 0.29) is 4.90 Å². The molecule has 0 aliphatic rings. The van der Waals surface area contributed by atoms with Crippen molar-refractivity contribution in [3.63, 3.8) is 0 Å². The molecule has 0 aromatic heterocycles. The van der Waals surface area contributed by atoms with Gasteiger partial charge in [-0.15, -0.1) is 0 Å². The van der Waals surface area contributed by atoms with Crippen LogP contribution in [-0.4, -0.2) is 34.0 Å². The van der Waals surface area contributed by atoms with E-state index in [1.165, 1.54) is 26.1 Å². The molecular formula is C12H18N2O4S. The van der Waals surface area contributed by atoms with Crippen LogP contribution in [0.15, 0.2) is 29.2 Å². The van der Waals surface area contributed by atoms with Crippen molar-refractivity contribution in [3.8, 4) is 5.75 Å². The molecule has 1 aromatic carbocycles. The van der Waals surface area contributed by atoms with E-state index in [4.69, 9.17) is 4.74 Å². The zero-order chi connectivity index (χ0) is 14.5. The highest BCUT2D eigenvalue weighted by atomic mass is 32.2. The number of nitrogens with one attached hydrogen (secondary N) is 2. The van der Waals surface area contributed by atoms with Crippen molar-refractivity contribution in [3.05, 3.63) is 24.3 Å². The second kappa shape index (κ2) is 6.53. The second-order valence-corrected chi connectivity index (χ2v) is 5.58. The Hall–Kier alpha value is -1.60. The minimum absolute atomic E-state index is 0.0895. The van der Waals surface area contributed by atoms with Crippen LogP contribution in [0.4, 0.5) is 0 Å². The standard InChI is InChI=1S/C12H18N2O4S/c1-4-18-10-5-7-11(8-6-10)19(16,17)14-9(2)12(15)13-3/h5-9,14H,4H2,1-3H3,(H,13,15)/t9-/m1/s1. The molecule has 0 aliphatic heterocycles. The van der Waals surface area contributed by atoms with E-state index in [1.54, 1.807) is 12.1 Å². The fourth-order valence-electron chi connectivity index (χ4n) is 1.45. The van der Waals surface area contributed by atoms with Gasteiger partial charge in [-0.3, -0.25) is 4.79 Å². The summed E-state index contributed by atoms with van der Waals surface area (Å²) >= 11 is 0. The highest BCUT2D eigenvalue weighted by Gasteiger charge is 2.21. The number of amides is 1. The number of sulfonamides is 1. The topological polar surface area (TPSA) is 84.5 Å². The third-order valence-corrected chi connectivity index (χ3v) is 3.97. The lowest BCUT2D eigenvalue weighted by molar-refractivity contribution is -0.121. The zero-order valence-electron chi connectivity index (χ0n) is 11.1. The summed E-state index contributed by atoms with van der Waals surface area (Å²) in [5, 5.41) is 2.38. The van der Waals surface area contributed by atoms with Crippen LogP contribution in [-0.2, 0) is 14.8 Å². The van der Waals surface area contributed by atoms with Crippen molar-refractivity contribution >= 4 is 15.9 Å². The molecule has 1 rings (SSSR count). The van der Waals surface area contributed by atoms with E-state index in [0.29, 0.717) is 12.4 Å². The van der Waals surface area contributed by atoms with Gasteiger partial charge >= 0.3 is 0 Å². The minimum Gasteiger partial charge on any atom is -0.494 e. The van der Waals surface area contributed by atoms with E-state index in [9.17, 15) is 13.2 Å². The lowest BCUT2D eigenvalue weighted by Gasteiger charge is -2.13. The van der Waals surface area contributed by atoms with Gasteiger partial charge < -0.3 is 10.1 Å². The maximum absolute atomic E-state index is 12.0. The van der Waals surface area contributed by atoms with Gasteiger partial charge in [-0.2, -0.15) is 4.72 Å². The first-order chi connectivity index (χ1) is 8.90. The Kier molecular flexibility index (Phi) is 5.31. The summed E-state index contributed by atoms with van der Waals surface area (Å²) in [6.45, 7) is 3.83. The number of benzene rings is 1. The summed E-state index contributed by atoms with van der Waals surface area (Å²) in [5.41, 5.74) is 0. The SMILES string of the molecule is CCOc1ccc(S(=O)(=O)N[C@H](C)C(=O)NC)cc1. The predicted octanol–water partition coefficient (Wildman–Crippen LogP) is 0.498. The Balaban J connectivity index is 2.85. The van der Waals surface area contributed by atoms with E-state index in [2.05, 4.69) is 10.0 Å². The molecular weight excluding hydrogens is 268 g/mol. The Morgan fingerprint density at radius 1 is 1.32 bits per heavy atom. The van der Waals surface area contributed by atoms with E-state index in [1.807, 2.05) is 6.92 Å². The fourth-order valence-corrected chi connectivity index (χ4v) is 2.66. The van der Waals surface area contributed by atoms with Crippen LogP contribution in [0, 0.1) is 0 Å². The molecule has 1 atom stereocenters. The molecule has 2 N–H and O–H groups in total. The van der Waals surface area contributed by atoms with E-state index >= 15 is 0 Å². The van der Waals surface area contributed by atoms with E-state index < -0.39 is 22.0 Å². The summed E-state index contributed by atoms with van der Waals surface area (Å²) in [7, 11) is -2.26. The lowest BCUT2D eigenvalue weighted by Crippen LogP contribution is -2.43. The van der Waals surface area contributed by atoms with Gasteiger partial charge in [-0.25, -0.2) is 8.42 Å². The average molecular weight is 286 g/mol. The Morgan fingerprint density at radius 2 is 1.89 bits per heavy atom. The summed E-state index contributed by atoms with van der Waals surface area (Å²) in [5.74, 6) is 0.204. The minimum atomic E-state index is -3.71. The summed E-state index contributed by atoms with van der Waals surface area (Å²) in [4.78, 5) is 11.4. The quantitative estimate of drug-likeness (QED) is 0.797. The number of likely N-dealkylation sites (N-methyl/N-ethyl adjacent to an activating group) is 1. The first kappa shape index (κ1) is 15.5. The van der Waals surface area contributed by atoms with E-state index in [0.717, 1.165) is 0 Å². The molecule has 0 fully saturated rings. The van der Waals surface area contributed by atoms with Gasteiger partial charge in [0.2, 0.25) is 15.9 Å². The maximum Gasteiger partial charge on any atom is 0.241 e. The van der Waals surface area contributed by atoms with Crippen molar-refractivity contribution in [2.24, 2.45) is 0 Å². The highest BCUT2D eigenvalue weighted by Crippen LogP contribution is 2.16. The predicted molar refractivity (Wildman–Crippen MR) is 71.5 cm³/mol. The van der Waals surface area contributed by atoms with Crippen LogP contribution in [0.2, 0.25) is 0 Å². The first-order valence-corrected chi connectivity index (χ1v) is 7.35. The number of hydrogen-bond acceptors (Lipinski definition) is 4. The van der Waals surface area contributed by atoms with Crippen LogP contribution < -0.4 is 14.8 Å².